The average molecular weight is 320 g/mol. The second kappa shape index (κ2) is 5.81. The van der Waals surface area contributed by atoms with Crippen molar-refractivity contribution in [3.8, 4) is 0 Å². The first-order valence-corrected chi connectivity index (χ1v) is 8.82. The zero-order valence-electron chi connectivity index (χ0n) is 12.8. The van der Waals surface area contributed by atoms with Gasteiger partial charge >= 0.3 is 0 Å². The molecule has 1 unspecified atom stereocenters. The van der Waals surface area contributed by atoms with Crippen LogP contribution in [0, 0.1) is 6.92 Å². The summed E-state index contributed by atoms with van der Waals surface area (Å²) >= 11 is 0. The Balaban J connectivity index is 1.84. The van der Waals surface area contributed by atoms with Gasteiger partial charge < -0.3 is 4.57 Å². The highest BCUT2D eigenvalue weighted by molar-refractivity contribution is 7.89. The van der Waals surface area contributed by atoms with Gasteiger partial charge in [0.15, 0.2) is 5.03 Å². The van der Waals surface area contributed by atoms with E-state index in [1.54, 1.807) is 17.8 Å². The maximum absolute atomic E-state index is 12.7. The number of nitrogens with zero attached hydrogens (tertiary/aromatic N) is 4. The Morgan fingerprint density at radius 2 is 2.14 bits per heavy atom. The summed E-state index contributed by atoms with van der Waals surface area (Å²) < 4.78 is 28.5. The molecule has 118 valence electrons. The summed E-state index contributed by atoms with van der Waals surface area (Å²) in [6, 6.07) is 5.91. The van der Waals surface area contributed by atoms with Gasteiger partial charge in [0, 0.05) is 43.6 Å². The third-order valence-corrected chi connectivity index (χ3v) is 5.75. The maximum atomic E-state index is 12.7. The van der Waals surface area contributed by atoms with Crippen molar-refractivity contribution in [2.24, 2.45) is 7.05 Å². The normalized spacial score (nSPS) is 20.2. The standard InChI is InChI=1S/C15H20N4O2S/c1-12-5-3-7-14(17-12)13-6-4-8-19(9-13)22(20,21)15-10-18(2)11-16-15/h3,5,7,10-11,13H,4,6,8-9H2,1-2H3. The van der Waals surface area contributed by atoms with Gasteiger partial charge in [0.1, 0.15) is 0 Å². The molecule has 0 amide bonds. The number of aromatic nitrogens is 3. The van der Waals surface area contributed by atoms with Gasteiger partial charge in [0.25, 0.3) is 10.0 Å². The zero-order chi connectivity index (χ0) is 15.7. The van der Waals surface area contributed by atoms with E-state index < -0.39 is 10.0 Å². The largest absolute Gasteiger partial charge is 0.339 e. The highest BCUT2D eigenvalue weighted by atomic mass is 32.2. The molecule has 1 saturated heterocycles. The molecule has 3 rings (SSSR count). The molecule has 0 radical (unpaired) electrons. The molecule has 0 aliphatic carbocycles. The number of sulfonamides is 1. The van der Waals surface area contributed by atoms with Crippen LogP contribution >= 0.6 is 0 Å². The molecule has 3 heterocycles. The minimum absolute atomic E-state index is 0.118. The van der Waals surface area contributed by atoms with Gasteiger partial charge in [-0.1, -0.05) is 6.07 Å². The number of imidazole rings is 1. The fourth-order valence-electron chi connectivity index (χ4n) is 2.85. The second-order valence-corrected chi connectivity index (χ2v) is 7.67. The minimum atomic E-state index is -3.52. The van der Waals surface area contributed by atoms with Crippen LogP contribution in [0.15, 0.2) is 35.7 Å². The SMILES string of the molecule is Cc1cccc(C2CCCN(S(=O)(=O)c3cn(C)cn3)C2)n1. The molecule has 1 fully saturated rings. The van der Waals surface area contributed by atoms with E-state index in [4.69, 9.17) is 0 Å². The lowest BCUT2D eigenvalue weighted by molar-refractivity contribution is 0.311. The van der Waals surface area contributed by atoms with E-state index in [-0.39, 0.29) is 10.9 Å². The Hall–Kier alpha value is -1.73. The summed E-state index contributed by atoms with van der Waals surface area (Å²) in [5, 5.41) is 0.118. The van der Waals surface area contributed by atoms with Crippen molar-refractivity contribution in [1.82, 2.24) is 18.8 Å². The van der Waals surface area contributed by atoms with Crippen molar-refractivity contribution in [2.45, 2.75) is 30.7 Å². The molecule has 1 atom stereocenters. The van der Waals surface area contributed by atoms with Crippen LogP contribution in [0.4, 0.5) is 0 Å². The van der Waals surface area contributed by atoms with Gasteiger partial charge in [-0.05, 0) is 31.9 Å². The number of hydrogen-bond acceptors (Lipinski definition) is 4. The summed E-state index contributed by atoms with van der Waals surface area (Å²) in [4.78, 5) is 8.54. The van der Waals surface area contributed by atoms with E-state index in [2.05, 4.69) is 9.97 Å². The van der Waals surface area contributed by atoms with Gasteiger partial charge in [-0.25, -0.2) is 13.4 Å². The number of rotatable bonds is 3. The van der Waals surface area contributed by atoms with Crippen LogP contribution in [0.1, 0.15) is 30.1 Å². The Labute approximate surface area is 130 Å². The van der Waals surface area contributed by atoms with Gasteiger partial charge in [0.05, 0.1) is 6.33 Å². The molecule has 1 aliphatic heterocycles. The fraction of sp³-hybridized carbons (Fsp3) is 0.467. The van der Waals surface area contributed by atoms with E-state index in [9.17, 15) is 8.42 Å². The van der Waals surface area contributed by atoms with Crippen LogP contribution in [0.5, 0.6) is 0 Å². The fourth-order valence-corrected chi connectivity index (χ4v) is 4.34. The Kier molecular flexibility index (Phi) is 4.01. The lowest BCUT2D eigenvalue weighted by Crippen LogP contribution is -2.39. The lowest BCUT2D eigenvalue weighted by atomic mass is 9.95. The molecule has 22 heavy (non-hydrogen) atoms. The maximum Gasteiger partial charge on any atom is 0.262 e. The molecular formula is C15H20N4O2S. The predicted octanol–water partition coefficient (Wildman–Crippen LogP) is 1.69. The second-order valence-electron chi connectivity index (χ2n) is 5.78. The molecule has 2 aromatic heterocycles. The molecule has 0 bridgehead atoms. The van der Waals surface area contributed by atoms with Gasteiger partial charge in [-0.15, -0.1) is 0 Å². The number of piperidine rings is 1. The highest BCUT2D eigenvalue weighted by Gasteiger charge is 2.32. The third kappa shape index (κ3) is 2.91. The molecule has 0 spiro atoms. The highest BCUT2D eigenvalue weighted by Crippen LogP contribution is 2.29. The predicted molar refractivity (Wildman–Crippen MR) is 82.9 cm³/mol. The molecule has 0 N–H and O–H groups in total. The first kappa shape index (κ1) is 15.2. The van der Waals surface area contributed by atoms with Gasteiger partial charge in [-0.3, -0.25) is 4.98 Å². The molecular weight excluding hydrogens is 300 g/mol. The first-order valence-electron chi connectivity index (χ1n) is 7.38. The van der Waals surface area contributed by atoms with Crippen LogP contribution in [0.3, 0.4) is 0 Å². The lowest BCUT2D eigenvalue weighted by Gasteiger charge is -2.31. The van der Waals surface area contributed by atoms with Gasteiger partial charge in [-0.2, -0.15) is 4.31 Å². The molecule has 6 nitrogen and oxygen atoms in total. The third-order valence-electron chi connectivity index (χ3n) is 4.00. The summed E-state index contributed by atoms with van der Waals surface area (Å²) in [5.41, 5.74) is 1.93. The van der Waals surface area contributed by atoms with Crippen molar-refractivity contribution >= 4 is 10.0 Å². The number of aryl methyl sites for hydroxylation is 2. The zero-order valence-corrected chi connectivity index (χ0v) is 13.6. The average Bonchev–Trinajstić information content (AvgIpc) is 2.95. The van der Waals surface area contributed by atoms with E-state index in [1.165, 1.54) is 10.6 Å². The summed E-state index contributed by atoms with van der Waals surface area (Å²) in [6.45, 7) is 2.96. The molecule has 0 aromatic carbocycles. The van der Waals surface area contributed by atoms with Crippen LogP contribution in [-0.4, -0.2) is 40.3 Å². The Morgan fingerprint density at radius 3 is 2.82 bits per heavy atom. The topological polar surface area (TPSA) is 68.1 Å². The summed E-state index contributed by atoms with van der Waals surface area (Å²) in [6.07, 6.45) is 4.86. The number of pyridine rings is 1. The van der Waals surface area contributed by atoms with E-state index in [1.807, 2.05) is 25.1 Å². The van der Waals surface area contributed by atoms with Crippen LogP contribution < -0.4 is 0 Å². The quantitative estimate of drug-likeness (QED) is 0.863. The summed E-state index contributed by atoms with van der Waals surface area (Å²) in [5.74, 6) is 0.145. The van der Waals surface area contributed by atoms with Crippen molar-refractivity contribution in [2.75, 3.05) is 13.1 Å². The van der Waals surface area contributed by atoms with Crippen LogP contribution in [-0.2, 0) is 17.1 Å². The molecule has 0 saturated carbocycles. The minimum Gasteiger partial charge on any atom is -0.339 e. The smallest absolute Gasteiger partial charge is 0.262 e. The van der Waals surface area contributed by atoms with E-state index in [0.29, 0.717) is 13.1 Å². The Bertz CT molecular complexity index is 769. The van der Waals surface area contributed by atoms with Crippen molar-refractivity contribution in [1.29, 1.82) is 0 Å². The van der Waals surface area contributed by atoms with Gasteiger partial charge in [0.2, 0.25) is 0 Å². The monoisotopic (exact) mass is 320 g/mol. The molecule has 2 aromatic rings. The Morgan fingerprint density at radius 1 is 1.32 bits per heavy atom. The van der Waals surface area contributed by atoms with Crippen molar-refractivity contribution in [3.63, 3.8) is 0 Å². The first-order chi connectivity index (χ1) is 10.5. The molecule has 1 aliphatic rings. The summed E-state index contributed by atoms with van der Waals surface area (Å²) in [7, 11) is -1.75. The van der Waals surface area contributed by atoms with E-state index >= 15 is 0 Å². The van der Waals surface area contributed by atoms with Crippen molar-refractivity contribution in [3.05, 3.63) is 42.1 Å². The molecule has 7 heteroatoms. The van der Waals surface area contributed by atoms with Crippen LogP contribution in [0.25, 0.3) is 0 Å². The van der Waals surface area contributed by atoms with Crippen molar-refractivity contribution < 1.29 is 8.42 Å². The number of hydrogen-bond donors (Lipinski definition) is 0. The van der Waals surface area contributed by atoms with E-state index in [0.717, 1.165) is 24.2 Å². The van der Waals surface area contributed by atoms with Crippen LogP contribution in [0.2, 0.25) is 0 Å².